The monoisotopic (exact) mass is 399 g/mol. The number of aromatic nitrogens is 1. The second kappa shape index (κ2) is 8.21. The van der Waals surface area contributed by atoms with Gasteiger partial charge in [0.2, 0.25) is 0 Å². The molecule has 0 bridgehead atoms. The van der Waals surface area contributed by atoms with E-state index in [4.69, 9.17) is 4.84 Å². The number of non-ortho nitro benzene ring substituents is 1. The fourth-order valence-corrected chi connectivity index (χ4v) is 3.60. The third-order valence-corrected chi connectivity index (χ3v) is 5.08. The lowest BCUT2D eigenvalue weighted by molar-refractivity contribution is -0.384. The third kappa shape index (κ3) is 3.93. The summed E-state index contributed by atoms with van der Waals surface area (Å²) in [5.74, 6) is 0. The minimum Gasteiger partial charge on any atom is -0.391 e. The summed E-state index contributed by atoms with van der Waals surface area (Å²) in [6, 6.07) is 23.1. The maximum Gasteiger partial charge on any atom is 0.269 e. The van der Waals surface area contributed by atoms with Crippen molar-refractivity contribution in [2.45, 2.75) is 20.5 Å². The number of nitro benzene ring substituents is 1. The fourth-order valence-electron chi connectivity index (χ4n) is 3.60. The van der Waals surface area contributed by atoms with Crippen LogP contribution in [0.5, 0.6) is 0 Å². The molecule has 6 nitrogen and oxygen atoms in total. The summed E-state index contributed by atoms with van der Waals surface area (Å²) in [6.07, 6.45) is 1.68. The Hall–Kier alpha value is -3.93. The van der Waals surface area contributed by atoms with Gasteiger partial charge in [-0.2, -0.15) is 0 Å². The predicted molar refractivity (Wildman–Crippen MR) is 118 cm³/mol. The van der Waals surface area contributed by atoms with Gasteiger partial charge in [-0.15, -0.1) is 0 Å². The molecule has 0 aliphatic rings. The predicted octanol–water partition coefficient (Wildman–Crippen LogP) is 5.71. The standard InChI is InChI=1S/C24H21N3O3/c1-17-12-22(15-25-30-16-19-6-5-9-24(13-19)27(28)29)18(2)26(17)23-11-10-20-7-3-4-8-21(20)14-23/h3-15H,16H2,1-2H3/b25-15-. The minimum absolute atomic E-state index is 0.0408. The van der Waals surface area contributed by atoms with E-state index in [0.717, 1.165) is 22.6 Å². The highest BCUT2D eigenvalue weighted by molar-refractivity contribution is 5.85. The molecular weight excluding hydrogens is 378 g/mol. The van der Waals surface area contributed by atoms with Crippen LogP contribution in [0.25, 0.3) is 16.5 Å². The molecule has 30 heavy (non-hydrogen) atoms. The molecule has 0 N–H and O–H groups in total. The lowest BCUT2D eigenvalue weighted by atomic mass is 10.1. The lowest BCUT2D eigenvalue weighted by Gasteiger charge is -2.11. The summed E-state index contributed by atoms with van der Waals surface area (Å²) in [5, 5.41) is 17.3. The highest BCUT2D eigenvalue weighted by Crippen LogP contribution is 2.24. The van der Waals surface area contributed by atoms with E-state index in [1.807, 2.05) is 19.1 Å². The molecule has 1 heterocycles. The van der Waals surface area contributed by atoms with Crippen LogP contribution >= 0.6 is 0 Å². The molecular formula is C24H21N3O3. The van der Waals surface area contributed by atoms with Crippen molar-refractivity contribution in [3.63, 3.8) is 0 Å². The maximum absolute atomic E-state index is 10.9. The van der Waals surface area contributed by atoms with Gasteiger partial charge < -0.3 is 9.40 Å². The highest BCUT2D eigenvalue weighted by Gasteiger charge is 2.10. The number of nitrogens with zero attached hydrogens (tertiary/aromatic N) is 3. The van der Waals surface area contributed by atoms with E-state index in [1.165, 1.54) is 22.9 Å². The normalized spacial score (nSPS) is 11.3. The quantitative estimate of drug-likeness (QED) is 0.237. The van der Waals surface area contributed by atoms with Crippen LogP contribution in [0.1, 0.15) is 22.5 Å². The van der Waals surface area contributed by atoms with Crippen LogP contribution < -0.4 is 0 Å². The Morgan fingerprint density at radius 1 is 1.00 bits per heavy atom. The molecule has 0 aliphatic carbocycles. The van der Waals surface area contributed by atoms with E-state index in [9.17, 15) is 10.1 Å². The van der Waals surface area contributed by atoms with Crippen molar-refractivity contribution in [3.05, 3.63) is 105 Å². The Morgan fingerprint density at radius 2 is 1.80 bits per heavy atom. The highest BCUT2D eigenvalue weighted by atomic mass is 16.6. The zero-order chi connectivity index (χ0) is 21.1. The Morgan fingerprint density at radius 3 is 2.60 bits per heavy atom. The summed E-state index contributed by atoms with van der Waals surface area (Å²) >= 11 is 0. The molecule has 0 saturated carbocycles. The molecule has 3 aromatic carbocycles. The molecule has 0 spiro atoms. The second-order valence-corrected chi connectivity index (χ2v) is 7.13. The molecule has 0 unspecified atom stereocenters. The molecule has 0 amide bonds. The number of aryl methyl sites for hydroxylation is 1. The molecule has 0 radical (unpaired) electrons. The van der Waals surface area contributed by atoms with Crippen LogP contribution in [0, 0.1) is 24.0 Å². The van der Waals surface area contributed by atoms with E-state index in [1.54, 1.807) is 18.3 Å². The maximum atomic E-state index is 10.9. The molecule has 0 saturated heterocycles. The first-order chi connectivity index (χ1) is 14.5. The van der Waals surface area contributed by atoms with Crippen LogP contribution in [-0.4, -0.2) is 15.7 Å². The van der Waals surface area contributed by atoms with Crippen LogP contribution in [0.3, 0.4) is 0 Å². The summed E-state index contributed by atoms with van der Waals surface area (Å²) in [5.41, 5.74) is 4.95. The molecule has 150 valence electrons. The van der Waals surface area contributed by atoms with E-state index in [2.05, 4.69) is 53.0 Å². The Kier molecular flexibility index (Phi) is 5.30. The van der Waals surface area contributed by atoms with Gasteiger partial charge in [0.1, 0.15) is 6.61 Å². The number of hydrogen-bond donors (Lipinski definition) is 0. The molecule has 4 rings (SSSR count). The molecule has 6 heteroatoms. The van der Waals surface area contributed by atoms with E-state index >= 15 is 0 Å². The van der Waals surface area contributed by atoms with Crippen LogP contribution in [-0.2, 0) is 11.4 Å². The van der Waals surface area contributed by atoms with Gasteiger partial charge in [0.25, 0.3) is 5.69 Å². The van der Waals surface area contributed by atoms with Gasteiger partial charge in [0, 0.05) is 34.8 Å². The first kappa shape index (κ1) is 19.4. The second-order valence-electron chi connectivity index (χ2n) is 7.13. The van der Waals surface area contributed by atoms with Gasteiger partial charge in [-0.1, -0.05) is 47.6 Å². The smallest absolute Gasteiger partial charge is 0.269 e. The number of benzene rings is 3. The Bertz CT molecular complexity index is 1260. The molecule has 0 aliphatic heterocycles. The SMILES string of the molecule is Cc1cc(/C=N\OCc2cccc([N+](=O)[O-])c2)c(C)n1-c1ccc2ccccc2c1. The third-order valence-electron chi connectivity index (χ3n) is 5.08. The van der Waals surface area contributed by atoms with Crippen molar-refractivity contribution in [2.24, 2.45) is 5.16 Å². The van der Waals surface area contributed by atoms with E-state index < -0.39 is 4.92 Å². The molecule has 0 fully saturated rings. The largest absolute Gasteiger partial charge is 0.391 e. The average molecular weight is 399 g/mol. The van der Waals surface area contributed by atoms with Gasteiger partial charge in [-0.3, -0.25) is 10.1 Å². The van der Waals surface area contributed by atoms with Crippen molar-refractivity contribution in [1.82, 2.24) is 4.57 Å². The number of rotatable bonds is 6. The molecule has 4 aromatic rings. The zero-order valence-corrected chi connectivity index (χ0v) is 16.8. The molecule has 0 atom stereocenters. The average Bonchev–Trinajstić information content (AvgIpc) is 3.04. The summed E-state index contributed by atoms with van der Waals surface area (Å²) in [7, 11) is 0. The van der Waals surface area contributed by atoms with Crippen molar-refractivity contribution in [1.29, 1.82) is 0 Å². The van der Waals surface area contributed by atoms with E-state index in [-0.39, 0.29) is 12.3 Å². The Balaban J connectivity index is 1.51. The number of oxime groups is 1. The number of hydrogen-bond acceptors (Lipinski definition) is 4. The lowest BCUT2D eigenvalue weighted by Crippen LogP contribution is -1.99. The minimum atomic E-state index is -0.422. The summed E-state index contributed by atoms with van der Waals surface area (Å²) in [6.45, 7) is 4.27. The topological polar surface area (TPSA) is 69.7 Å². The van der Waals surface area contributed by atoms with Gasteiger partial charge in [-0.05, 0) is 48.4 Å². The summed E-state index contributed by atoms with van der Waals surface area (Å²) in [4.78, 5) is 15.8. The van der Waals surface area contributed by atoms with Crippen molar-refractivity contribution in [3.8, 4) is 5.69 Å². The Labute approximate surface area is 174 Å². The first-order valence-corrected chi connectivity index (χ1v) is 9.60. The van der Waals surface area contributed by atoms with Gasteiger partial charge >= 0.3 is 0 Å². The van der Waals surface area contributed by atoms with Crippen molar-refractivity contribution < 1.29 is 9.76 Å². The van der Waals surface area contributed by atoms with E-state index in [0.29, 0.717) is 5.56 Å². The molecule has 1 aromatic heterocycles. The van der Waals surface area contributed by atoms with Crippen molar-refractivity contribution >= 4 is 22.7 Å². The van der Waals surface area contributed by atoms with Gasteiger partial charge in [0.15, 0.2) is 0 Å². The van der Waals surface area contributed by atoms with Gasteiger partial charge in [-0.25, -0.2) is 0 Å². The first-order valence-electron chi connectivity index (χ1n) is 9.60. The summed E-state index contributed by atoms with van der Waals surface area (Å²) < 4.78 is 2.19. The zero-order valence-electron chi connectivity index (χ0n) is 16.8. The number of fused-ring (bicyclic) bond motifs is 1. The number of nitro groups is 1. The fraction of sp³-hybridized carbons (Fsp3) is 0.125. The van der Waals surface area contributed by atoms with Gasteiger partial charge in [0.05, 0.1) is 11.1 Å². The van der Waals surface area contributed by atoms with Crippen LogP contribution in [0.2, 0.25) is 0 Å². The van der Waals surface area contributed by atoms with Crippen LogP contribution in [0.4, 0.5) is 5.69 Å². The van der Waals surface area contributed by atoms with Crippen molar-refractivity contribution in [2.75, 3.05) is 0 Å². The van der Waals surface area contributed by atoms with Crippen LogP contribution in [0.15, 0.2) is 78.0 Å².